The van der Waals surface area contributed by atoms with Gasteiger partial charge in [0.2, 0.25) is 0 Å². The fraction of sp³-hybridized carbons (Fsp3) is 0.278. The van der Waals surface area contributed by atoms with Crippen LogP contribution < -0.4 is 10.2 Å². The molecule has 0 bridgehead atoms. The largest absolute Gasteiger partial charge is 0.378 e. The van der Waals surface area contributed by atoms with Crippen molar-refractivity contribution in [3.05, 3.63) is 54.1 Å². The molecule has 1 aliphatic rings. The molecule has 0 saturated heterocycles. The van der Waals surface area contributed by atoms with Crippen LogP contribution in [0.2, 0.25) is 0 Å². The maximum absolute atomic E-state index is 12.0. The topological polar surface area (TPSA) is 32.3 Å². The van der Waals surface area contributed by atoms with E-state index >= 15 is 0 Å². The van der Waals surface area contributed by atoms with Gasteiger partial charge in [0, 0.05) is 31.4 Å². The first-order valence-electron chi connectivity index (χ1n) is 7.32. The van der Waals surface area contributed by atoms with Crippen molar-refractivity contribution in [1.29, 1.82) is 0 Å². The summed E-state index contributed by atoms with van der Waals surface area (Å²) < 4.78 is 0. The monoisotopic (exact) mass is 280 g/mol. The number of amides is 1. The van der Waals surface area contributed by atoms with Crippen molar-refractivity contribution < 1.29 is 4.79 Å². The Bertz CT molecular complexity index is 643. The highest BCUT2D eigenvalue weighted by atomic mass is 16.1. The molecule has 0 unspecified atom stereocenters. The average Bonchev–Trinajstić information content (AvgIpc) is 3.31. The minimum atomic E-state index is 0.0334. The van der Waals surface area contributed by atoms with Crippen molar-refractivity contribution in [2.45, 2.75) is 18.9 Å². The lowest BCUT2D eigenvalue weighted by Gasteiger charge is -2.13. The van der Waals surface area contributed by atoms with E-state index in [1.165, 1.54) is 5.69 Å². The van der Waals surface area contributed by atoms with E-state index in [1.807, 2.05) is 38.4 Å². The molecule has 0 atom stereocenters. The van der Waals surface area contributed by atoms with Crippen LogP contribution in [0.15, 0.2) is 48.5 Å². The third-order valence-electron chi connectivity index (χ3n) is 3.76. The van der Waals surface area contributed by atoms with Gasteiger partial charge in [-0.3, -0.25) is 4.79 Å². The molecule has 108 valence electrons. The van der Waals surface area contributed by atoms with Gasteiger partial charge in [0.1, 0.15) is 0 Å². The summed E-state index contributed by atoms with van der Waals surface area (Å²) in [6, 6.07) is 16.6. The molecular formula is C18H20N2O. The van der Waals surface area contributed by atoms with Gasteiger partial charge < -0.3 is 10.2 Å². The highest BCUT2D eigenvalue weighted by Crippen LogP contribution is 2.24. The Labute approximate surface area is 125 Å². The van der Waals surface area contributed by atoms with Gasteiger partial charge in [-0.1, -0.05) is 24.3 Å². The number of carbonyl (C=O) groups excluding carboxylic acids is 1. The maximum Gasteiger partial charge on any atom is 0.251 e. The summed E-state index contributed by atoms with van der Waals surface area (Å²) in [4.78, 5) is 14.1. The molecule has 0 radical (unpaired) electrons. The van der Waals surface area contributed by atoms with Crippen LogP contribution in [0.4, 0.5) is 5.69 Å². The van der Waals surface area contributed by atoms with E-state index in [4.69, 9.17) is 0 Å². The van der Waals surface area contributed by atoms with E-state index < -0.39 is 0 Å². The van der Waals surface area contributed by atoms with Crippen LogP contribution in [0.25, 0.3) is 11.1 Å². The third-order valence-corrected chi connectivity index (χ3v) is 3.76. The second-order valence-corrected chi connectivity index (χ2v) is 5.77. The predicted molar refractivity (Wildman–Crippen MR) is 86.7 cm³/mol. The molecule has 1 amide bonds. The average molecular weight is 280 g/mol. The third kappa shape index (κ3) is 3.24. The minimum absolute atomic E-state index is 0.0334. The van der Waals surface area contributed by atoms with Crippen molar-refractivity contribution in [2.75, 3.05) is 19.0 Å². The van der Waals surface area contributed by atoms with Gasteiger partial charge in [0.25, 0.3) is 5.91 Å². The highest BCUT2D eigenvalue weighted by Gasteiger charge is 2.23. The van der Waals surface area contributed by atoms with Crippen molar-refractivity contribution in [3.63, 3.8) is 0 Å². The first-order valence-corrected chi connectivity index (χ1v) is 7.32. The number of hydrogen-bond acceptors (Lipinski definition) is 2. The number of rotatable bonds is 4. The van der Waals surface area contributed by atoms with E-state index in [2.05, 4.69) is 34.5 Å². The summed E-state index contributed by atoms with van der Waals surface area (Å²) in [5.41, 5.74) is 4.19. The fourth-order valence-electron chi connectivity index (χ4n) is 2.27. The van der Waals surface area contributed by atoms with Crippen molar-refractivity contribution in [3.8, 4) is 11.1 Å². The predicted octanol–water partition coefficient (Wildman–Crippen LogP) is 3.31. The van der Waals surface area contributed by atoms with Gasteiger partial charge in [-0.2, -0.15) is 0 Å². The molecule has 1 fully saturated rings. The number of anilines is 1. The lowest BCUT2D eigenvalue weighted by molar-refractivity contribution is 0.0951. The van der Waals surface area contributed by atoms with Gasteiger partial charge in [-0.05, 0) is 48.2 Å². The second-order valence-electron chi connectivity index (χ2n) is 5.77. The van der Waals surface area contributed by atoms with E-state index in [0.29, 0.717) is 6.04 Å². The molecule has 3 heteroatoms. The summed E-state index contributed by atoms with van der Waals surface area (Å²) in [5.74, 6) is 0.0334. The molecule has 0 spiro atoms. The molecule has 1 saturated carbocycles. The van der Waals surface area contributed by atoms with Crippen LogP contribution in [0.1, 0.15) is 23.2 Å². The number of nitrogens with one attached hydrogen (secondary N) is 1. The Morgan fingerprint density at radius 2 is 1.76 bits per heavy atom. The minimum Gasteiger partial charge on any atom is -0.378 e. The number of nitrogens with zero attached hydrogens (tertiary/aromatic N) is 1. The highest BCUT2D eigenvalue weighted by molar-refractivity contribution is 5.95. The van der Waals surface area contributed by atoms with Gasteiger partial charge in [-0.15, -0.1) is 0 Å². The van der Waals surface area contributed by atoms with Gasteiger partial charge in [0.05, 0.1) is 0 Å². The summed E-state index contributed by atoms with van der Waals surface area (Å²) in [6.07, 6.45) is 2.22. The molecule has 3 nitrogen and oxygen atoms in total. The van der Waals surface area contributed by atoms with Crippen LogP contribution in [0, 0.1) is 0 Å². The van der Waals surface area contributed by atoms with Crippen molar-refractivity contribution >= 4 is 11.6 Å². The summed E-state index contributed by atoms with van der Waals surface area (Å²) in [6.45, 7) is 0. The van der Waals surface area contributed by atoms with Crippen LogP contribution in [-0.2, 0) is 0 Å². The second kappa shape index (κ2) is 5.60. The Hall–Kier alpha value is -2.29. The Kier molecular flexibility index (Phi) is 3.65. The SMILES string of the molecule is CN(C)c1cccc(-c2ccc(C(=O)NC3CC3)cc2)c1. The van der Waals surface area contributed by atoms with E-state index in [0.717, 1.165) is 29.5 Å². The summed E-state index contributed by atoms with van der Waals surface area (Å²) >= 11 is 0. The molecular weight excluding hydrogens is 260 g/mol. The van der Waals surface area contributed by atoms with Crippen LogP contribution in [0.5, 0.6) is 0 Å². The number of carbonyl (C=O) groups is 1. The van der Waals surface area contributed by atoms with E-state index in [-0.39, 0.29) is 5.91 Å². The van der Waals surface area contributed by atoms with Crippen LogP contribution >= 0.6 is 0 Å². The zero-order valence-corrected chi connectivity index (χ0v) is 12.5. The van der Waals surface area contributed by atoms with Crippen molar-refractivity contribution in [2.24, 2.45) is 0 Å². The van der Waals surface area contributed by atoms with E-state index in [9.17, 15) is 4.79 Å². The first-order chi connectivity index (χ1) is 10.1. The van der Waals surface area contributed by atoms with Gasteiger partial charge in [0.15, 0.2) is 0 Å². The molecule has 0 aromatic heterocycles. The van der Waals surface area contributed by atoms with E-state index in [1.54, 1.807) is 0 Å². The smallest absolute Gasteiger partial charge is 0.251 e. The van der Waals surface area contributed by atoms with Gasteiger partial charge >= 0.3 is 0 Å². The first kappa shape index (κ1) is 13.7. The zero-order chi connectivity index (χ0) is 14.8. The lowest BCUT2D eigenvalue weighted by atomic mass is 10.0. The number of hydrogen-bond donors (Lipinski definition) is 1. The zero-order valence-electron chi connectivity index (χ0n) is 12.5. The number of benzene rings is 2. The molecule has 2 aromatic carbocycles. The van der Waals surface area contributed by atoms with Gasteiger partial charge in [-0.25, -0.2) is 0 Å². The molecule has 3 rings (SSSR count). The Morgan fingerprint density at radius 1 is 1.05 bits per heavy atom. The lowest BCUT2D eigenvalue weighted by Crippen LogP contribution is -2.25. The standard InChI is InChI=1S/C18H20N2O/c1-20(2)17-5-3-4-15(12-17)13-6-8-14(9-7-13)18(21)19-16-10-11-16/h3-9,12,16H,10-11H2,1-2H3,(H,19,21). The quantitative estimate of drug-likeness (QED) is 0.932. The van der Waals surface area contributed by atoms with Crippen molar-refractivity contribution in [1.82, 2.24) is 5.32 Å². The Morgan fingerprint density at radius 3 is 2.38 bits per heavy atom. The molecule has 21 heavy (non-hydrogen) atoms. The van der Waals surface area contributed by atoms with Crippen LogP contribution in [0.3, 0.4) is 0 Å². The summed E-state index contributed by atoms with van der Waals surface area (Å²) in [5, 5.41) is 3.01. The molecule has 2 aromatic rings. The normalized spacial score (nSPS) is 13.8. The molecule has 0 aliphatic heterocycles. The molecule has 1 N–H and O–H groups in total. The molecule has 1 aliphatic carbocycles. The molecule has 0 heterocycles. The summed E-state index contributed by atoms with van der Waals surface area (Å²) in [7, 11) is 4.06. The maximum atomic E-state index is 12.0. The fourth-order valence-corrected chi connectivity index (χ4v) is 2.27. The van der Waals surface area contributed by atoms with Crippen LogP contribution in [-0.4, -0.2) is 26.0 Å². The Balaban J connectivity index is 1.79.